The first-order valence-electron chi connectivity index (χ1n) is 8.91. The van der Waals surface area contributed by atoms with E-state index in [1.54, 1.807) is 13.2 Å². The maximum Gasteiger partial charge on any atom is 0.326 e. The number of pyridine rings is 1. The van der Waals surface area contributed by atoms with Gasteiger partial charge in [-0.05, 0) is 18.1 Å². The van der Waals surface area contributed by atoms with E-state index in [0.717, 1.165) is 36.5 Å². The number of aromatic nitrogens is 1. The third kappa shape index (κ3) is 3.85. The van der Waals surface area contributed by atoms with Crippen LogP contribution in [0.3, 0.4) is 0 Å². The summed E-state index contributed by atoms with van der Waals surface area (Å²) in [6.07, 6.45) is 4.56. The minimum Gasteiger partial charge on any atom is -0.341 e. The summed E-state index contributed by atoms with van der Waals surface area (Å²) in [6, 6.07) is 2.94. The van der Waals surface area contributed by atoms with Crippen LogP contribution in [-0.2, 0) is 16.1 Å². The molecule has 1 aromatic heterocycles. The minimum atomic E-state index is -0.685. The molecule has 140 valence electrons. The molecule has 3 heterocycles. The van der Waals surface area contributed by atoms with Gasteiger partial charge >= 0.3 is 6.03 Å². The van der Waals surface area contributed by atoms with Crippen molar-refractivity contribution < 1.29 is 14.4 Å². The summed E-state index contributed by atoms with van der Waals surface area (Å²) in [6.45, 7) is 3.83. The van der Waals surface area contributed by atoms with E-state index in [1.165, 1.54) is 11.9 Å². The largest absolute Gasteiger partial charge is 0.341 e. The second-order valence-electron chi connectivity index (χ2n) is 6.88. The summed E-state index contributed by atoms with van der Waals surface area (Å²) in [7, 11) is 3.02. The van der Waals surface area contributed by atoms with Crippen LogP contribution in [0.5, 0.6) is 0 Å². The smallest absolute Gasteiger partial charge is 0.326 e. The molecule has 0 aromatic carbocycles. The van der Waals surface area contributed by atoms with Gasteiger partial charge in [0, 0.05) is 59.2 Å². The molecule has 0 bridgehead atoms. The summed E-state index contributed by atoms with van der Waals surface area (Å²) in [5, 5.41) is 0. The Balaban J connectivity index is 1.54. The molecule has 2 fully saturated rings. The van der Waals surface area contributed by atoms with Crippen LogP contribution in [0, 0.1) is 0 Å². The monoisotopic (exact) mass is 359 g/mol. The second kappa shape index (κ2) is 7.82. The fourth-order valence-corrected chi connectivity index (χ4v) is 3.50. The number of carbonyl (C=O) groups is 3. The third-order valence-corrected chi connectivity index (χ3v) is 5.11. The first-order valence-corrected chi connectivity index (χ1v) is 8.91. The van der Waals surface area contributed by atoms with Gasteiger partial charge in [-0.2, -0.15) is 0 Å². The lowest BCUT2D eigenvalue weighted by atomic mass is 10.1. The van der Waals surface area contributed by atoms with Crippen molar-refractivity contribution in [1.82, 2.24) is 24.6 Å². The second-order valence-corrected chi connectivity index (χ2v) is 6.88. The standard InChI is InChI=1S/C18H25N5O3/c1-20-15(17(25)21(2)18(20)26)11-16(24)23-8-4-7-22(9-10-23)13-14-5-3-6-19-12-14/h3,5-6,12,15H,4,7-11,13H2,1-2H3/t15-/m1/s1. The number of amides is 4. The summed E-state index contributed by atoms with van der Waals surface area (Å²) in [5.74, 6) is -0.375. The van der Waals surface area contributed by atoms with Crippen molar-refractivity contribution in [2.75, 3.05) is 40.3 Å². The van der Waals surface area contributed by atoms with Gasteiger partial charge in [-0.3, -0.25) is 24.4 Å². The number of rotatable bonds is 4. The van der Waals surface area contributed by atoms with Crippen LogP contribution in [0.2, 0.25) is 0 Å². The van der Waals surface area contributed by atoms with Crippen LogP contribution < -0.4 is 0 Å². The molecule has 0 spiro atoms. The number of urea groups is 1. The molecule has 1 aromatic rings. The lowest BCUT2D eigenvalue weighted by molar-refractivity contribution is -0.136. The zero-order valence-corrected chi connectivity index (χ0v) is 15.3. The first-order chi connectivity index (χ1) is 12.5. The molecule has 0 radical (unpaired) electrons. The number of imide groups is 1. The topological polar surface area (TPSA) is 77.1 Å². The predicted molar refractivity (Wildman–Crippen MR) is 95.0 cm³/mol. The molecule has 0 unspecified atom stereocenters. The molecule has 3 rings (SSSR count). The molecule has 2 saturated heterocycles. The molecule has 2 aliphatic rings. The van der Waals surface area contributed by atoms with Gasteiger partial charge in [0.2, 0.25) is 5.91 Å². The van der Waals surface area contributed by atoms with Gasteiger partial charge in [-0.25, -0.2) is 4.79 Å². The molecular formula is C18H25N5O3. The van der Waals surface area contributed by atoms with Crippen LogP contribution in [-0.4, -0.2) is 88.7 Å². The summed E-state index contributed by atoms with van der Waals surface area (Å²) >= 11 is 0. The van der Waals surface area contributed by atoms with E-state index in [-0.39, 0.29) is 24.3 Å². The Bertz CT molecular complexity index is 681. The number of hydrogen-bond acceptors (Lipinski definition) is 5. The van der Waals surface area contributed by atoms with Gasteiger partial charge in [-0.15, -0.1) is 0 Å². The van der Waals surface area contributed by atoms with E-state index in [1.807, 2.05) is 17.2 Å². The number of likely N-dealkylation sites (N-methyl/N-ethyl adjacent to an activating group) is 2. The van der Waals surface area contributed by atoms with Crippen molar-refractivity contribution in [3.8, 4) is 0 Å². The average molecular weight is 359 g/mol. The van der Waals surface area contributed by atoms with Gasteiger partial charge in [0.05, 0.1) is 6.42 Å². The van der Waals surface area contributed by atoms with Crippen molar-refractivity contribution in [2.24, 2.45) is 0 Å². The Labute approximate surface area is 153 Å². The zero-order valence-electron chi connectivity index (χ0n) is 15.3. The maximum atomic E-state index is 12.7. The van der Waals surface area contributed by atoms with Gasteiger partial charge < -0.3 is 9.80 Å². The molecular weight excluding hydrogens is 334 g/mol. The van der Waals surface area contributed by atoms with E-state index in [9.17, 15) is 14.4 Å². The highest BCUT2D eigenvalue weighted by atomic mass is 16.2. The molecule has 2 aliphatic heterocycles. The fraction of sp³-hybridized carbons (Fsp3) is 0.556. The highest BCUT2D eigenvalue weighted by Crippen LogP contribution is 2.18. The SMILES string of the molecule is CN1C(=O)[C@@H](CC(=O)N2CCCN(Cc3cccnc3)CC2)N(C)C1=O. The van der Waals surface area contributed by atoms with Crippen LogP contribution in [0.4, 0.5) is 4.79 Å². The van der Waals surface area contributed by atoms with Gasteiger partial charge in [0.1, 0.15) is 6.04 Å². The molecule has 26 heavy (non-hydrogen) atoms. The Morgan fingerprint density at radius 2 is 2.00 bits per heavy atom. The van der Waals surface area contributed by atoms with Gasteiger partial charge in [0.15, 0.2) is 0 Å². The Morgan fingerprint density at radius 3 is 2.65 bits per heavy atom. The van der Waals surface area contributed by atoms with E-state index in [0.29, 0.717) is 13.1 Å². The van der Waals surface area contributed by atoms with E-state index >= 15 is 0 Å². The van der Waals surface area contributed by atoms with E-state index < -0.39 is 6.04 Å². The van der Waals surface area contributed by atoms with Crippen LogP contribution in [0.15, 0.2) is 24.5 Å². The quantitative estimate of drug-likeness (QED) is 0.727. The first kappa shape index (κ1) is 18.3. The molecule has 0 N–H and O–H groups in total. The number of hydrogen-bond donors (Lipinski definition) is 0. The van der Waals surface area contributed by atoms with Crippen molar-refractivity contribution >= 4 is 17.8 Å². The number of nitrogens with zero attached hydrogens (tertiary/aromatic N) is 5. The van der Waals surface area contributed by atoms with Crippen molar-refractivity contribution in [1.29, 1.82) is 0 Å². The van der Waals surface area contributed by atoms with E-state index in [2.05, 4.69) is 16.0 Å². The highest BCUT2D eigenvalue weighted by Gasteiger charge is 2.42. The molecule has 0 saturated carbocycles. The lowest BCUT2D eigenvalue weighted by Crippen LogP contribution is -2.41. The average Bonchev–Trinajstić information content (AvgIpc) is 2.84. The minimum absolute atomic E-state index is 0.0496. The molecule has 4 amide bonds. The summed E-state index contributed by atoms with van der Waals surface area (Å²) < 4.78 is 0. The van der Waals surface area contributed by atoms with Crippen molar-refractivity contribution in [3.63, 3.8) is 0 Å². The Morgan fingerprint density at radius 1 is 1.19 bits per heavy atom. The number of carbonyl (C=O) groups excluding carboxylic acids is 3. The van der Waals surface area contributed by atoms with Gasteiger partial charge in [-0.1, -0.05) is 6.07 Å². The summed E-state index contributed by atoms with van der Waals surface area (Å²) in [5.41, 5.74) is 1.16. The third-order valence-electron chi connectivity index (χ3n) is 5.11. The fourth-order valence-electron chi connectivity index (χ4n) is 3.50. The van der Waals surface area contributed by atoms with E-state index in [4.69, 9.17) is 0 Å². The Hall–Kier alpha value is -2.48. The molecule has 8 heteroatoms. The highest BCUT2D eigenvalue weighted by molar-refractivity contribution is 6.05. The predicted octanol–water partition coefficient (Wildman–Crippen LogP) is 0.398. The van der Waals surface area contributed by atoms with Crippen molar-refractivity contribution in [2.45, 2.75) is 25.4 Å². The lowest BCUT2D eigenvalue weighted by Gasteiger charge is -2.24. The van der Waals surface area contributed by atoms with Crippen LogP contribution in [0.25, 0.3) is 0 Å². The zero-order chi connectivity index (χ0) is 18.7. The normalized spacial score (nSPS) is 22.1. The molecule has 8 nitrogen and oxygen atoms in total. The summed E-state index contributed by atoms with van der Waals surface area (Å²) in [4.78, 5) is 47.4. The Kier molecular flexibility index (Phi) is 5.51. The molecule has 0 aliphatic carbocycles. The van der Waals surface area contributed by atoms with Gasteiger partial charge in [0.25, 0.3) is 5.91 Å². The van der Waals surface area contributed by atoms with Crippen LogP contribution >= 0.6 is 0 Å². The van der Waals surface area contributed by atoms with Crippen molar-refractivity contribution in [3.05, 3.63) is 30.1 Å². The maximum absolute atomic E-state index is 12.7. The van der Waals surface area contributed by atoms with Crippen LogP contribution in [0.1, 0.15) is 18.4 Å². The molecule has 1 atom stereocenters.